The van der Waals surface area contributed by atoms with Crippen molar-refractivity contribution in [1.82, 2.24) is 15.1 Å². The molecule has 1 heterocycles. The predicted octanol–water partition coefficient (Wildman–Crippen LogP) is -1.02. The molecule has 0 aliphatic carbocycles. The second-order valence-corrected chi connectivity index (χ2v) is 3.50. The zero-order chi connectivity index (χ0) is 9.14. The molecule has 1 rings (SSSR count). The van der Waals surface area contributed by atoms with Crippen LogP contribution in [0.1, 0.15) is 0 Å². The van der Waals surface area contributed by atoms with Crippen molar-refractivity contribution in [1.29, 1.82) is 0 Å². The van der Waals surface area contributed by atoms with Gasteiger partial charge in [-0.15, -0.1) is 0 Å². The number of carbonyl (C=O) groups excluding carboxylic acids is 1. The predicted molar refractivity (Wildman–Crippen MR) is 48.0 cm³/mol. The average Bonchev–Trinajstić information content (AvgIpc) is 2.03. The first kappa shape index (κ1) is 9.48. The molecule has 1 atom stereocenters. The van der Waals surface area contributed by atoms with Crippen LogP contribution in [-0.4, -0.2) is 62.5 Å². The molecule has 0 radical (unpaired) electrons. The van der Waals surface area contributed by atoms with Gasteiger partial charge in [0, 0.05) is 33.7 Å². The first-order valence-corrected chi connectivity index (χ1v) is 4.24. The van der Waals surface area contributed by atoms with Crippen LogP contribution in [-0.2, 0) is 4.79 Å². The lowest BCUT2D eigenvalue weighted by Gasteiger charge is -2.31. The second kappa shape index (κ2) is 3.87. The van der Waals surface area contributed by atoms with Crippen molar-refractivity contribution < 1.29 is 4.79 Å². The maximum atomic E-state index is 11.5. The van der Waals surface area contributed by atoms with Crippen LogP contribution in [0.4, 0.5) is 0 Å². The molecule has 0 spiro atoms. The number of hydrogen-bond acceptors (Lipinski definition) is 3. The van der Waals surface area contributed by atoms with Crippen molar-refractivity contribution in [3.05, 3.63) is 0 Å². The van der Waals surface area contributed by atoms with Crippen LogP contribution in [0.3, 0.4) is 0 Å². The SMILES string of the molecule is CN1CCN[C@H](C(=O)N(C)C)C1. The van der Waals surface area contributed by atoms with Gasteiger partial charge in [0.15, 0.2) is 0 Å². The van der Waals surface area contributed by atoms with Crippen LogP contribution < -0.4 is 5.32 Å². The molecular formula is C8H17N3O. The number of rotatable bonds is 1. The van der Waals surface area contributed by atoms with E-state index in [1.807, 2.05) is 7.05 Å². The Morgan fingerprint density at radius 3 is 2.75 bits per heavy atom. The zero-order valence-electron chi connectivity index (χ0n) is 8.00. The van der Waals surface area contributed by atoms with Gasteiger partial charge in [-0.25, -0.2) is 0 Å². The van der Waals surface area contributed by atoms with Crippen LogP contribution in [0.15, 0.2) is 0 Å². The maximum Gasteiger partial charge on any atom is 0.240 e. The lowest BCUT2D eigenvalue weighted by molar-refractivity contribution is -0.131. The van der Waals surface area contributed by atoms with Crippen molar-refractivity contribution in [2.45, 2.75) is 6.04 Å². The number of piperazine rings is 1. The zero-order valence-corrected chi connectivity index (χ0v) is 8.00. The summed E-state index contributed by atoms with van der Waals surface area (Å²) >= 11 is 0. The van der Waals surface area contributed by atoms with Crippen molar-refractivity contribution in [2.75, 3.05) is 40.8 Å². The van der Waals surface area contributed by atoms with E-state index in [4.69, 9.17) is 0 Å². The summed E-state index contributed by atoms with van der Waals surface area (Å²) in [5.41, 5.74) is 0. The summed E-state index contributed by atoms with van der Waals surface area (Å²) in [4.78, 5) is 15.3. The van der Waals surface area contributed by atoms with Crippen molar-refractivity contribution in [3.63, 3.8) is 0 Å². The number of carbonyl (C=O) groups is 1. The van der Waals surface area contributed by atoms with Crippen molar-refractivity contribution in [2.24, 2.45) is 0 Å². The molecule has 1 aliphatic rings. The van der Waals surface area contributed by atoms with E-state index in [2.05, 4.69) is 10.2 Å². The molecule has 0 unspecified atom stereocenters. The highest BCUT2D eigenvalue weighted by Gasteiger charge is 2.24. The van der Waals surface area contributed by atoms with Crippen LogP contribution in [0.5, 0.6) is 0 Å². The molecule has 70 valence electrons. The Labute approximate surface area is 73.5 Å². The third-order valence-corrected chi connectivity index (χ3v) is 2.12. The topological polar surface area (TPSA) is 35.6 Å². The Morgan fingerprint density at radius 1 is 1.58 bits per heavy atom. The molecule has 0 bridgehead atoms. The number of hydrogen-bond donors (Lipinski definition) is 1. The Hall–Kier alpha value is -0.610. The van der Waals surface area contributed by atoms with E-state index in [1.165, 1.54) is 0 Å². The summed E-state index contributed by atoms with van der Waals surface area (Å²) in [6, 6.07) is -0.0150. The highest BCUT2D eigenvalue weighted by molar-refractivity contribution is 5.81. The smallest absolute Gasteiger partial charge is 0.240 e. The van der Waals surface area contributed by atoms with Gasteiger partial charge in [0.05, 0.1) is 6.04 Å². The Balaban J connectivity index is 2.46. The fourth-order valence-electron chi connectivity index (χ4n) is 1.37. The monoisotopic (exact) mass is 171 g/mol. The maximum absolute atomic E-state index is 11.5. The first-order valence-electron chi connectivity index (χ1n) is 4.24. The second-order valence-electron chi connectivity index (χ2n) is 3.50. The van der Waals surface area contributed by atoms with Crippen LogP contribution in [0.2, 0.25) is 0 Å². The van der Waals surface area contributed by atoms with E-state index < -0.39 is 0 Å². The molecule has 0 aromatic rings. The summed E-state index contributed by atoms with van der Waals surface area (Å²) in [5, 5.41) is 3.20. The largest absolute Gasteiger partial charge is 0.347 e. The molecule has 4 heteroatoms. The van der Waals surface area contributed by atoms with Gasteiger partial charge >= 0.3 is 0 Å². The molecule has 1 fully saturated rings. The van der Waals surface area contributed by atoms with Crippen LogP contribution >= 0.6 is 0 Å². The van der Waals surface area contributed by atoms with E-state index in [1.54, 1.807) is 19.0 Å². The molecule has 1 N–H and O–H groups in total. The molecule has 12 heavy (non-hydrogen) atoms. The van der Waals surface area contributed by atoms with Gasteiger partial charge in [0.2, 0.25) is 5.91 Å². The summed E-state index contributed by atoms with van der Waals surface area (Å²) in [6.07, 6.45) is 0. The van der Waals surface area contributed by atoms with Crippen LogP contribution in [0.25, 0.3) is 0 Å². The summed E-state index contributed by atoms with van der Waals surface area (Å²) in [5.74, 6) is 0.168. The van der Waals surface area contributed by atoms with Gasteiger partial charge in [-0.1, -0.05) is 0 Å². The number of nitrogens with zero attached hydrogens (tertiary/aromatic N) is 2. The van der Waals surface area contributed by atoms with Gasteiger partial charge in [-0.2, -0.15) is 0 Å². The first-order chi connectivity index (χ1) is 5.61. The fourth-order valence-corrected chi connectivity index (χ4v) is 1.37. The Morgan fingerprint density at radius 2 is 2.25 bits per heavy atom. The Kier molecular flexibility index (Phi) is 3.05. The highest BCUT2D eigenvalue weighted by atomic mass is 16.2. The van der Waals surface area contributed by atoms with E-state index in [0.29, 0.717) is 0 Å². The molecule has 4 nitrogen and oxygen atoms in total. The van der Waals surface area contributed by atoms with Gasteiger partial charge in [-0.3, -0.25) is 4.79 Å². The number of likely N-dealkylation sites (N-methyl/N-ethyl adjacent to an activating group) is 2. The quantitative estimate of drug-likeness (QED) is 0.548. The van der Waals surface area contributed by atoms with Gasteiger partial charge in [-0.05, 0) is 7.05 Å². The number of amides is 1. The molecule has 0 saturated carbocycles. The minimum Gasteiger partial charge on any atom is -0.347 e. The minimum atomic E-state index is -0.0150. The third-order valence-electron chi connectivity index (χ3n) is 2.12. The molecule has 1 amide bonds. The molecular weight excluding hydrogens is 154 g/mol. The van der Waals surface area contributed by atoms with Gasteiger partial charge in [0.25, 0.3) is 0 Å². The normalized spacial score (nSPS) is 25.4. The standard InChI is InChI=1S/C8H17N3O/c1-10(2)8(12)7-6-11(3)5-4-9-7/h7,9H,4-6H2,1-3H3/t7-/m0/s1. The van der Waals surface area contributed by atoms with Crippen molar-refractivity contribution in [3.8, 4) is 0 Å². The van der Waals surface area contributed by atoms with Gasteiger partial charge in [0.1, 0.15) is 0 Å². The lowest BCUT2D eigenvalue weighted by atomic mass is 10.2. The summed E-state index contributed by atoms with van der Waals surface area (Å²) in [6.45, 7) is 2.75. The summed E-state index contributed by atoms with van der Waals surface area (Å²) < 4.78 is 0. The number of nitrogens with one attached hydrogen (secondary N) is 1. The van der Waals surface area contributed by atoms with Crippen LogP contribution in [0, 0.1) is 0 Å². The third kappa shape index (κ3) is 2.19. The van der Waals surface area contributed by atoms with Crippen molar-refractivity contribution >= 4 is 5.91 Å². The van der Waals surface area contributed by atoms with E-state index in [9.17, 15) is 4.79 Å². The van der Waals surface area contributed by atoms with E-state index >= 15 is 0 Å². The lowest BCUT2D eigenvalue weighted by Crippen LogP contribution is -2.55. The minimum absolute atomic E-state index is 0.0150. The van der Waals surface area contributed by atoms with E-state index in [0.717, 1.165) is 19.6 Å². The average molecular weight is 171 g/mol. The van der Waals surface area contributed by atoms with Gasteiger partial charge < -0.3 is 15.1 Å². The molecule has 1 aliphatic heterocycles. The van der Waals surface area contributed by atoms with E-state index in [-0.39, 0.29) is 11.9 Å². The Bertz CT molecular complexity index is 170. The fraction of sp³-hybridized carbons (Fsp3) is 0.875. The molecule has 0 aromatic carbocycles. The summed E-state index contributed by atoms with van der Waals surface area (Å²) in [7, 11) is 5.62. The highest BCUT2D eigenvalue weighted by Crippen LogP contribution is 1.98. The molecule has 0 aromatic heterocycles. The molecule has 1 saturated heterocycles.